The molecule has 1 aromatic heterocycles. The number of hydrogen-bond donors (Lipinski definition) is 0. The average molecular weight is 246 g/mol. The van der Waals surface area contributed by atoms with Crippen molar-refractivity contribution in [2.75, 3.05) is 0 Å². The van der Waals surface area contributed by atoms with Crippen molar-refractivity contribution in [2.45, 2.75) is 20.4 Å². The van der Waals surface area contributed by atoms with E-state index < -0.39 is 0 Å². The monoisotopic (exact) mass is 246 g/mol. The van der Waals surface area contributed by atoms with Crippen molar-refractivity contribution in [1.82, 2.24) is 0 Å². The van der Waals surface area contributed by atoms with Gasteiger partial charge in [0.2, 0.25) is 11.2 Å². The smallest absolute Gasteiger partial charge is 0.187 e. The van der Waals surface area contributed by atoms with Crippen molar-refractivity contribution >= 4 is 10.9 Å². The Balaban J connectivity index is 2.15. The Morgan fingerprint density at radius 3 is 2.63 bits per heavy atom. The summed E-state index contributed by atoms with van der Waals surface area (Å²) in [5, 5.41) is 1.33. The first-order valence-corrected chi connectivity index (χ1v) is 6.77. The third kappa shape index (κ3) is 1.39. The van der Waals surface area contributed by atoms with Gasteiger partial charge in [0.15, 0.2) is 6.54 Å². The van der Waals surface area contributed by atoms with E-state index in [0.717, 1.165) is 6.54 Å². The highest BCUT2D eigenvalue weighted by Gasteiger charge is 2.30. The predicted octanol–water partition coefficient (Wildman–Crippen LogP) is 3.77. The van der Waals surface area contributed by atoms with Gasteiger partial charge < -0.3 is 0 Å². The van der Waals surface area contributed by atoms with E-state index in [9.17, 15) is 0 Å². The third-order valence-electron chi connectivity index (χ3n) is 4.22. The molecule has 0 spiro atoms. The van der Waals surface area contributed by atoms with Crippen LogP contribution in [0.4, 0.5) is 0 Å². The van der Waals surface area contributed by atoms with E-state index in [-0.39, 0.29) is 0 Å². The Morgan fingerprint density at radius 2 is 1.74 bits per heavy atom. The number of fused-ring (bicyclic) bond motifs is 5. The zero-order valence-corrected chi connectivity index (χ0v) is 11.3. The average Bonchev–Trinajstić information content (AvgIpc) is 2.81. The summed E-state index contributed by atoms with van der Waals surface area (Å²) in [6.45, 7) is 5.43. The normalized spacial score (nSPS) is 12.5. The van der Waals surface area contributed by atoms with Crippen LogP contribution in [-0.4, -0.2) is 0 Å². The minimum Gasteiger partial charge on any atom is -0.187 e. The van der Waals surface area contributed by atoms with Gasteiger partial charge in [0.1, 0.15) is 0 Å². The quantitative estimate of drug-likeness (QED) is 0.416. The second-order valence-corrected chi connectivity index (χ2v) is 5.42. The van der Waals surface area contributed by atoms with E-state index in [1.54, 1.807) is 0 Å². The highest BCUT2D eigenvalue weighted by molar-refractivity contribution is 5.81. The molecule has 0 saturated heterocycles. The molecule has 4 rings (SSSR count). The molecular formula is C18H16N+. The lowest BCUT2D eigenvalue weighted by molar-refractivity contribution is -0.646. The number of rotatable bonds is 0. The Labute approximate surface area is 113 Å². The van der Waals surface area contributed by atoms with Crippen LogP contribution < -0.4 is 4.57 Å². The summed E-state index contributed by atoms with van der Waals surface area (Å²) in [6.07, 6.45) is 0. The van der Waals surface area contributed by atoms with E-state index in [2.05, 4.69) is 66.9 Å². The van der Waals surface area contributed by atoms with Crippen LogP contribution in [0.3, 0.4) is 0 Å². The fourth-order valence-electron chi connectivity index (χ4n) is 3.30. The lowest BCUT2D eigenvalue weighted by Gasteiger charge is -2.03. The Kier molecular flexibility index (Phi) is 2.08. The van der Waals surface area contributed by atoms with Crippen molar-refractivity contribution in [3.8, 4) is 11.3 Å². The van der Waals surface area contributed by atoms with Gasteiger partial charge in [-0.1, -0.05) is 24.3 Å². The van der Waals surface area contributed by atoms with Gasteiger partial charge in [0.25, 0.3) is 0 Å². The standard InChI is InChI=1S/C18H16N/c1-12-6-5-8-15-16(12)11-19-17-9-4-3-7-14(17)10-13(2)18(15)19/h3-10H,11H2,1-2H3/q+1. The maximum absolute atomic E-state index is 2.46. The maximum atomic E-state index is 2.46. The summed E-state index contributed by atoms with van der Waals surface area (Å²) < 4.78 is 2.46. The number of benzene rings is 2. The number of hydrogen-bond acceptors (Lipinski definition) is 0. The molecule has 3 aromatic rings. The van der Waals surface area contributed by atoms with Crippen molar-refractivity contribution in [3.63, 3.8) is 0 Å². The number of nitrogens with zero attached hydrogens (tertiary/aromatic N) is 1. The minimum absolute atomic E-state index is 1.000. The zero-order chi connectivity index (χ0) is 13.0. The summed E-state index contributed by atoms with van der Waals surface area (Å²) in [4.78, 5) is 0. The second-order valence-electron chi connectivity index (χ2n) is 5.42. The molecule has 0 fully saturated rings. The minimum atomic E-state index is 1.000. The third-order valence-corrected chi connectivity index (χ3v) is 4.22. The van der Waals surface area contributed by atoms with Gasteiger partial charge in [0.05, 0.1) is 5.56 Å². The van der Waals surface area contributed by atoms with Crippen molar-refractivity contribution in [3.05, 3.63) is 65.2 Å². The second kappa shape index (κ2) is 3.67. The SMILES string of the molecule is Cc1cccc2c1C[n+]1c-2c(C)cc2ccccc21. The largest absolute Gasteiger partial charge is 0.216 e. The fraction of sp³-hybridized carbons (Fsp3) is 0.167. The van der Waals surface area contributed by atoms with Crippen molar-refractivity contribution < 1.29 is 4.57 Å². The molecule has 0 bridgehead atoms. The Morgan fingerprint density at radius 1 is 0.895 bits per heavy atom. The molecule has 0 aliphatic carbocycles. The van der Waals surface area contributed by atoms with Gasteiger partial charge in [-0.3, -0.25) is 0 Å². The van der Waals surface area contributed by atoms with E-state index in [1.165, 1.54) is 38.9 Å². The van der Waals surface area contributed by atoms with Crippen LogP contribution in [0.5, 0.6) is 0 Å². The maximum Gasteiger partial charge on any atom is 0.216 e. The lowest BCUT2D eigenvalue weighted by atomic mass is 10.00. The zero-order valence-electron chi connectivity index (χ0n) is 11.3. The molecule has 0 amide bonds. The van der Waals surface area contributed by atoms with Gasteiger partial charge in [-0.05, 0) is 37.6 Å². The van der Waals surface area contributed by atoms with E-state index in [1.807, 2.05) is 0 Å². The molecule has 2 heterocycles. The topological polar surface area (TPSA) is 3.88 Å². The number of para-hydroxylation sites is 1. The molecule has 1 aliphatic heterocycles. The van der Waals surface area contributed by atoms with Gasteiger partial charge >= 0.3 is 0 Å². The summed E-state index contributed by atoms with van der Waals surface area (Å²) in [7, 11) is 0. The van der Waals surface area contributed by atoms with Crippen molar-refractivity contribution in [1.29, 1.82) is 0 Å². The first-order chi connectivity index (χ1) is 9.25. The first-order valence-electron chi connectivity index (χ1n) is 6.77. The molecule has 0 radical (unpaired) electrons. The van der Waals surface area contributed by atoms with Crippen LogP contribution in [0.2, 0.25) is 0 Å². The molecule has 1 nitrogen and oxygen atoms in total. The highest BCUT2D eigenvalue weighted by Crippen LogP contribution is 2.33. The van der Waals surface area contributed by atoms with Crippen LogP contribution in [0, 0.1) is 13.8 Å². The number of aromatic nitrogens is 1. The van der Waals surface area contributed by atoms with Gasteiger partial charge in [-0.15, -0.1) is 0 Å². The van der Waals surface area contributed by atoms with Gasteiger partial charge in [-0.25, -0.2) is 0 Å². The van der Waals surface area contributed by atoms with Crippen LogP contribution in [0.15, 0.2) is 48.5 Å². The summed E-state index contributed by atoms with van der Waals surface area (Å²) in [6, 6.07) is 17.6. The van der Waals surface area contributed by atoms with Crippen LogP contribution >= 0.6 is 0 Å². The predicted molar refractivity (Wildman–Crippen MR) is 78.2 cm³/mol. The van der Waals surface area contributed by atoms with E-state index in [4.69, 9.17) is 0 Å². The molecule has 0 atom stereocenters. The Bertz CT molecular complexity index is 815. The molecular weight excluding hydrogens is 230 g/mol. The molecule has 0 unspecified atom stereocenters. The number of aryl methyl sites for hydroxylation is 2. The highest BCUT2D eigenvalue weighted by atomic mass is 15.0. The molecule has 1 heteroatoms. The Hall–Kier alpha value is -2.15. The molecule has 1 aliphatic rings. The van der Waals surface area contributed by atoms with E-state index >= 15 is 0 Å². The van der Waals surface area contributed by atoms with Crippen LogP contribution in [0.25, 0.3) is 22.2 Å². The molecule has 92 valence electrons. The molecule has 2 aromatic carbocycles. The number of pyridine rings is 1. The fourth-order valence-corrected chi connectivity index (χ4v) is 3.30. The molecule has 0 N–H and O–H groups in total. The van der Waals surface area contributed by atoms with Crippen LogP contribution in [0.1, 0.15) is 16.7 Å². The molecule has 19 heavy (non-hydrogen) atoms. The van der Waals surface area contributed by atoms with Gasteiger partial charge in [-0.2, -0.15) is 4.57 Å². The van der Waals surface area contributed by atoms with E-state index in [0.29, 0.717) is 0 Å². The first kappa shape index (κ1) is 10.7. The van der Waals surface area contributed by atoms with Crippen LogP contribution in [-0.2, 0) is 6.54 Å². The van der Waals surface area contributed by atoms with Gasteiger partial charge in [0, 0.05) is 22.6 Å². The van der Waals surface area contributed by atoms with Crippen molar-refractivity contribution in [2.24, 2.45) is 0 Å². The summed E-state index contributed by atoms with van der Waals surface area (Å²) in [5.41, 5.74) is 8.36. The summed E-state index contributed by atoms with van der Waals surface area (Å²) >= 11 is 0. The lowest BCUT2D eigenvalue weighted by Crippen LogP contribution is -2.34. The molecule has 0 saturated carbocycles. The summed E-state index contributed by atoms with van der Waals surface area (Å²) in [5.74, 6) is 0.